The first kappa shape index (κ1) is 21.5. The number of hydrogen-bond donors (Lipinski definition) is 0. The molecule has 4 rings (SSSR count). The average Bonchev–Trinajstić information content (AvgIpc) is 3.33. The van der Waals surface area contributed by atoms with Crippen LogP contribution in [0.5, 0.6) is 11.5 Å². The highest BCUT2D eigenvalue weighted by Crippen LogP contribution is 2.37. The fourth-order valence-corrected chi connectivity index (χ4v) is 7.41. The molecule has 0 amide bonds. The van der Waals surface area contributed by atoms with Crippen LogP contribution in [0.2, 0.25) is 19.1 Å². The Bertz CT molecular complexity index is 1190. The van der Waals surface area contributed by atoms with Crippen LogP contribution in [0.15, 0.2) is 97.6 Å². The molecule has 0 fully saturated rings. The maximum absolute atomic E-state index is 10.6. The molecule has 6 heteroatoms. The molecular weight excluding hydrogens is 412 g/mol. The molecule has 0 saturated heterocycles. The van der Waals surface area contributed by atoms with Crippen molar-refractivity contribution >= 4 is 13.3 Å². The van der Waals surface area contributed by atoms with Crippen LogP contribution < -0.4 is 9.92 Å². The number of aromatic nitrogens is 3. The van der Waals surface area contributed by atoms with E-state index in [1.165, 1.54) is 11.5 Å². The number of nitrogens with zero attached hydrogens (tertiary/aromatic N) is 4. The number of para-hydroxylation sites is 1. The van der Waals surface area contributed by atoms with Crippen LogP contribution in [0.4, 0.5) is 0 Å². The Morgan fingerprint density at radius 3 is 2.28 bits per heavy atom. The predicted molar refractivity (Wildman–Crippen MR) is 129 cm³/mol. The SMILES string of the molecule is C[Si](C)(CC(C#N)(Cn1cncn1)c1cccc(Oc2ccccc2)c1)c1ccccc1. The van der Waals surface area contributed by atoms with Crippen LogP contribution in [0, 0.1) is 11.3 Å². The van der Waals surface area contributed by atoms with Gasteiger partial charge in [-0.25, -0.2) is 4.98 Å². The number of rotatable bonds is 8. The largest absolute Gasteiger partial charge is 0.457 e. The summed E-state index contributed by atoms with van der Waals surface area (Å²) in [5.74, 6) is 1.48. The molecule has 0 aliphatic heterocycles. The van der Waals surface area contributed by atoms with Crippen molar-refractivity contribution in [3.05, 3.63) is 103 Å². The van der Waals surface area contributed by atoms with Crippen LogP contribution in [-0.2, 0) is 12.0 Å². The highest BCUT2D eigenvalue weighted by molar-refractivity contribution is 6.90. The second-order valence-corrected chi connectivity index (χ2v) is 13.4. The van der Waals surface area contributed by atoms with E-state index in [1.54, 1.807) is 11.0 Å². The summed E-state index contributed by atoms with van der Waals surface area (Å²) in [6.45, 7) is 5.07. The van der Waals surface area contributed by atoms with Gasteiger partial charge < -0.3 is 4.74 Å². The Morgan fingerprint density at radius 2 is 1.62 bits per heavy atom. The zero-order valence-corrected chi connectivity index (χ0v) is 19.3. The molecule has 0 aliphatic carbocycles. The normalized spacial score (nSPS) is 13.2. The maximum atomic E-state index is 10.6. The van der Waals surface area contributed by atoms with Crippen molar-refractivity contribution < 1.29 is 4.74 Å². The standard InChI is InChI=1S/C26H26N4OSi/c1-32(2,25-14-7-4-8-15-25)19-26(17-27,18-30-21-28-20-29-30)22-10-9-13-24(16-22)31-23-11-5-3-6-12-23/h3-16,20-21H,18-19H2,1-2H3. The number of hydrogen-bond acceptors (Lipinski definition) is 4. The van der Waals surface area contributed by atoms with Crippen molar-refractivity contribution in [3.63, 3.8) is 0 Å². The van der Waals surface area contributed by atoms with Crippen LogP contribution in [-0.4, -0.2) is 22.8 Å². The highest BCUT2D eigenvalue weighted by Gasteiger charge is 2.41. The van der Waals surface area contributed by atoms with Crippen molar-refractivity contribution in [1.29, 1.82) is 5.26 Å². The van der Waals surface area contributed by atoms with Gasteiger partial charge in [0.05, 0.1) is 26.1 Å². The van der Waals surface area contributed by atoms with Gasteiger partial charge in [0.2, 0.25) is 0 Å². The van der Waals surface area contributed by atoms with Crippen LogP contribution in [0.25, 0.3) is 0 Å². The third kappa shape index (κ3) is 4.79. The first-order chi connectivity index (χ1) is 15.5. The summed E-state index contributed by atoms with van der Waals surface area (Å²) in [7, 11) is -1.97. The van der Waals surface area contributed by atoms with Gasteiger partial charge in [-0.1, -0.05) is 78.9 Å². The van der Waals surface area contributed by atoms with E-state index in [1.807, 2.05) is 60.7 Å². The Morgan fingerprint density at radius 1 is 0.938 bits per heavy atom. The fraction of sp³-hybridized carbons (Fsp3) is 0.192. The van der Waals surface area contributed by atoms with Gasteiger partial charge in [0.25, 0.3) is 0 Å². The average molecular weight is 439 g/mol. The quantitative estimate of drug-likeness (QED) is 0.357. The summed E-state index contributed by atoms with van der Waals surface area (Å²) >= 11 is 0. The minimum atomic E-state index is -1.97. The summed E-state index contributed by atoms with van der Waals surface area (Å²) in [4.78, 5) is 4.09. The molecule has 5 nitrogen and oxygen atoms in total. The van der Waals surface area contributed by atoms with Gasteiger partial charge in [-0.05, 0) is 35.9 Å². The van der Waals surface area contributed by atoms with E-state index < -0.39 is 13.5 Å². The highest BCUT2D eigenvalue weighted by atomic mass is 28.3. The van der Waals surface area contributed by atoms with E-state index in [0.29, 0.717) is 12.3 Å². The summed E-state index contributed by atoms with van der Waals surface area (Å²) < 4.78 is 7.83. The first-order valence-corrected chi connectivity index (χ1v) is 13.8. The Kier molecular flexibility index (Phi) is 6.20. The molecule has 0 radical (unpaired) electrons. The fourth-order valence-electron chi connectivity index (χ4n) is 4.21. The predicted octanol–water partition coefficient (Wildman–Crippen LogP) is 5.15. The van der Waals surface area contributed by atoms with Gasteiger partial charge in [0.15, 0.2) is 0 Å². The van der Waals surface area contributed by atoms with Crippen molar-refractivity contribution in [3.8, 4) is 17.6 Å². The van der Waals surface area contributed by atoms with Crippen molar-refractivity contribution in [2.24, 2.45) is 0 Å². The maximum Gasteiger partial charge on any atom is 0.137 e. The molecule has 0 N–H and O–H groups in total. The van der Waals surface area contributed by atoms with E-state index in [0.717, 1.165) is 17.4 Å². The second-order valence-electron chi connectivity index (χ2n) is 8.66. The summed E-state index contributed by atoms with van der Waals surface area (Å²) in [5, 5.41) is 16.2. The molecule has 3 aromatic carbocycles. The number of nitriles is 1. The van der Waals surface area contributed by atoms with Gasteiger partial charge >= 0.3 is 0 Å². The zero-order chi connectivity index (χ0) is 22.4. The van der Waals surface area contributed by atoms with E-state index >= 15 is 0 Å². The zero-order valence-electron chi connectivity index (χ0n) is 18.3. The molecule has 0 spiro atoms. The van der Waals surface area contributed by atoms with Gasteiger partial charge in [0.1, 0.15) is 24.2 Å². The molecule has 1 atom stereocenters. The van der Waals surface area contributed by atoms with Gasteiger partial charge in [-0.15, -0.1) is 0 Å². The third-order valence-corrected chi connectivity index (χ3v) is 9.16. The van der Waals surface area contributed by atoms with Crippen molar-refractivity contribution in [2.75, 3.05) is 0 Å². The molecule has 32 heavy (non-hydrogen) atoms. The third-order valence-electron chi connectivity index (χ3n) is 5.78. The molecule has 0 aliphatic rings. The van der Waals surface area contributed by atoms with E-state index in [-0.39, 0.29) is 0 Å². The van der Waals surface area contributed by atoms with Crippen molar-refractivity contribution in [1.82, 2.24) is 14.8 Å². The molecule has 160 valence electrons. The number of ether oxygens (including phenoxy) is 1. The topological polar surface area (TPSA) is 63.7 Å². The second kappa shape index (κ2) is 9.21. The minimum Gasteiger partial charge on any atom is -0.457 e. The molecule has 1 heterocycles. The summed E-state index contributed by atoms with van der Waals surface area (Å²) in [6.07, 6.45) is 3.18. The van der Waals surface area contributed by atoms with Crippen LogP contribution >= 0.6 is 0 Å². The summed E-state index contributed by atoms with van der Waals surface area (Å²) in [5.41, 5.74) is 0.162. The first-order valence-electron chi connectivity index (χ1n) is 10.6. The Labute approximate surface area is 190 Å². The molecular formula is C26H26N4OSi. The van der Waals surface area contributed by atoms with Crippen LogP contribution in [0.1, 0.15) is 5.56 Å². The Hall–Kier alpha value is -3.69. The lowest BCUT2D eigenvalue weighted by atomic mass is 9.83. The monoisotopic (exact) mass is 438 g/mol. The summed E-state index contributed by atoms with van der Waals surface area (Å²) in [6, 6.07) is 31.5. The van der Waals surface area contributed by atoms with Gasteiger partial charge in [-0.2, -0.15) is 10.4 Å². The van der Waals surface area contributed by atoms with Crippen LogP contribution in [0.3, 0.4) is 0 Å². The molecule has 0 bridgehead atoms. The molecule has 1 aromatic heterocycles. The lowest BCUT2D eigenvalue weighted by Gasteiger charge is -2.35. The molecule has 4 aromatic rings. The lowest BCUT2D eigenvalue weighted by molar-refractivity contribution is 0.449. The Balaban J connectivity index is 1.74. The van der Waals surface area contributed by atoms with E-state index in [2.05, 4.69) is 53.5 Å². The number of benzene rings is 3. The lowest BCUT2D eigenvalue weighted by Crippen LogP contribution is -2.48. The van der Waals surface area contributed by atoms with Crippen molar-refractivity contribution in [2.45, 2.75) is 31.1 Å². The van der Waals surface area contributed by atoms with Gasteiger partial charge in [0, 0.05) is 0 Å². The van der Waals surface area contributed by atoms with Gasteiger partial charge in [-0.3, -0.25) is 4.68 Å². The van der Waals surface area contributed by atoms with E-state index in [9.17, 15) is 5.26 Å². The van der Waals surface area contributed by atoms with E-state index in [4.69, 9.17) is 4.74 Å². The minimum absolute atomic E-state index is 0.432. The molecule has 1 unspecified atom stereocenters. The molecule has 0 saturated carbocycles. The smallest absolute Gasteiger partial charge is 0.137 e.